The molecule has 1 aromatic heterocycles. The molecule has 0 amide bonds. The lowest BCUT2D eigenvalue weighted by atomic mass is 10.1. The summed E-state index contributed by atoms with van der Waals surface area (Å²) in [6.07, 6.45) is 0. The number of thiophene rings is 1. The number of carbonyl (C=O) groups excluding carboxylic acids is 1. The van der Waals surface area contributed by atoms with Crippen molar-refractivity contribution in [3.8, 4) is 0 Å². The van der Waals surface area contributed by atoms with Crippen LogP contribution in [0.4, 0.5) is 0 Å². The number of hydrogen-bond donors (Lipinski definition) is 1. The molecule has 0 aliphatic carbocycles. The Hall–Kier alpha value is -1.07. The Morgan fingerprint density at radius 2 is 2.05 bits per heavy atom. The molecule has 106 valence electrons. The van der Waals surface area contributed by atoms with Gasteiger partial charge >= 0.3 is 5.97 Å². The van der Waals surface area contributed by atoms with Crippen LogP contribution in [0, 0.1) is 0 Å². The second kappa shape index (κ2) is 7.09. The van der Waals surface area contributed by atoms with Gasteiger partial charge in [-0.3, -0.25) is 5.32 Å². The first-order valence-electron chi connectivity index (χ1n) is 5.89. The normalized spacial score (nSPS) is 12.2. The third kappa shape index (κ3) is 3.96. The fraction of sp³-hybridized carbons (Fsp3) is 0.214. The summed E-state index contributed by atoms with van der Waals surface area (Å²) in [5.74, 6) is -0.375. The van der Waals surface area contributed by atoms with Crippen molar-refractivity contribution in [3.63, 3.8) is 0 Å². The SMILES string of the molecule is COC(=O)C(NCc1cccs1)c1cc(Cl)cc(Cl)c1. The molecule has 1 N–H and O–H groups in total. The lowest BCUT2D eigenvalue weighted by Gasteiger charge is -2.17. The van der Waals surface area contributed by atoms with Crippen LogP contribution >= 0.6 is 34.5 Å². The van der Waals surface area contributed by atoms with Crippen LogP contribution in [0.2, 0.25) is 10.0 Å². The van der Waals surface area contributed by atoms with E-state index in [2.05, 4.69) is 5.32 Å². The third-order valence-corrected chi connectivity index (χ3v) is 4.03. The highest BCUT2D eigenvalue weighted by Crippen LogP contribution is 2.25. The van der Waals surface area contributed by atoms with Gasteiger partial charge in [-0.25, -0.2) is 4.79 Å². The van der Waals surface area contributed by atoms with Crippen LogP contribution in [0.15, 0.2) is 35.7 Å². The van der Waals surface area contributed by atoms with Gasteiger partial charge in [-0.2, -0.15) is 0 Å². The summed E-state index contributed by atoms with van der Waals surface area (Å²) in [6.45, 7) is 0.571. The summed E-state index contributed by atoms with van der Waals surface area (Å²) in [5, 5.41) is 6.12. The fourth-order valence-electron chi connectivity index (χ4n) is 1.81. The molecular weight excluding hydrogens is 317 g/mol. The van der Waals surface area contributed by atoms with Gasteiger partial charge in [-0.15, -0.1) is 11.3 Å². The molecular formula is C14H13Cl2NO2S. The topological polar surface area (TPSA) is 38.3 Å². The van der Waals surface area contributed by atoms with Crippen molar-refractivity contribution in [1.82, 2.24) is 5.32 Å². The van der Waals surface area contributed by atoms with Gasteiger partial charge in [0.1, 0.15) is 6.04 Å². The number of halogens is 2. The standard InChI is InChI=1S/C14H13Cl2NO2S/c1-19-14(18)13(17-8-12-3-2-4-20-12)9-5-10(15)7-11(16)6-9/h2-7,13,17H,8H2,1H3. The van der Waals surface area contributed by atoms with Crippen LogP contribution in [0.1, 0.15) is 16.5 Å². The van der Waals surface area contributed by atoms with E-state index in [1.807, 2.05) is 17.5 Å². The number of rotatable bonds is 5. The molecule has 2 rings (SSSR count). The zero-order chi connectivity index (χ0) is 14.5. The Kier molecular flexibility index (Phi) is 5.43. The number of methoxy groups -OCH3 is 1. The Balaban J connectivity index is 2.20. The average Bonchev–Trinajstić information content (AvgIpc) is 2.90. The van der Waals surface area contributed by atoms with Crippen LogP contribution in [0.25, 0.3) is 0 Å². The van der Waals surface area contributed by atoms with Gasteiger partial charge in [0.2, 0.25) is 0 Å². The molecule has 0 saturated carbocycles. The van der Waals surface area contributed by atoms with Crippen LogP contribution in [0.5, 0.6) is 0 Å². The molecule has 3 nitrogen and oxygen atoms in total. The van der Waals surface area contributed by atoms with E-state index in [-0.39, 0.29) is 5.97 Å². The molecule has 1 aromatic carbocycles. The quantitative estimate of drug-likeness (QED) is 0.840. The van der Waals surface area contributed by atoms with Gasteiger partial charge < -0.3 is 4.74 Å². The van der Waals surface area contributed by atoms with Gasteiger partial charge in [0.15, 0.2) is 0 Å². The predicted molar refractivity (Wildman–Crippen MR) is 82.4 cm³/mol. The molecule has 6 heteroatoms. The summed E-state index contributed by atoms with van der Waals surface area (Å²) >= 11 is 13.6. The zero-order valence-corrected chi connectivity index (χ0v) is 13.1. The van der Waals surface area contributed by atoms with Crippen molar-refractivity contribution >= 4 is 40.5 Å². The maximum atomic E-state index is 11.9. The number of nitrogens with one attached hydrogen (secondary N) is 1. The van der Waals surface area contributed by atoms with Crippen LogP contribution in [-0.2, 0) is 16.1 Å². The number of carbonyl (C=O) groups is 1. The van der Waals surface area contributed by atoms with Crippen molar-refractivity contribution in [1.29, 1.82) is 0 Å². The minimum Gasteiger partial charge on any atom is -0.468 e. The monoisotopic (exact) mass is 329 g/mol. The minimum atomic E-state index is -0.599. The molecule has 0 fully saturated rings. The second-order valence-electron chi connectivity index (χ2n) is 4.12. The molecule has 20 heavy (non-hydrogen) atoms. The van der Waals surface area contributed by atoms with E-state index >= 15 is 0 Å². The Morgan fingerprint density at radius 3 is 2.60 bits per heavy atom. The maximum Gasteiger partial charge on any atom is 0.327 e. The Morgan fingerprint density at radius 1 is 1.35 bits per heavy atom. The summed E-state index contributed by atoms with van der Waals surface area (Å²) in [4.78, 5) is 13.1. The molecule has 0 spiro atoms. The highest BCUT2D eigenvalue weighted by Gasteiger charge is 2.21. The summed E-state index contributed by atoms with van der Waals surface area (Å²) in [6, 6.07) is 8.40. The van der Waals surface area contributed by atoms with E-state index in [9.17, 15) is 4.79 Å². The minimum absolute atomic E-state index is 0.375. The predicted octanol–water partition coefficient (Wildman–Crippen LogP) is 4.06. The molecule has 0 radical (unpaired) electrons. The van der Waals surface area contributed by atoms with Gasteiger partial charge in [-0.05, 0) is 35.2 Å². The summed E-state index contributed by atoms with van der Waals surface area (Å²) < 4.78 is 4.83. The van der Waals surface area contributed by atoms with Crippen molar-refractivity contribution in [2.24, 2.45) is 0 Å². The molecule has 0 bridgehead atoms. The van der Waals surface area contributed by atoms with Crippen molar-refractivity contribution in [2.45, 2.75) is 12.6 Å². The van der Waals surface area contributed by atoms with E-state index in [0.29, 0.717) is 22.2 Å². The van der Waals surface area contributed by atoms with E-state index in [1.165, 1.54) is 7.11 Å². The average molecular weight is 330 g/mol. The van der Waals surface area contributed by atoms with E-state index in [0.717, 1.165) is 4.88 Å². The molecule has 1 heterocycles. The smallest absolute Gasteiger partial charge is 0.327 e. The molecule has 1 unspecified atom stereocenters. The van der Waals surface area contributed by atoms with E-state index in [4.69, 9.17) is 27.9 Å². The van der Waals surface area contributed by atoms with Crippen molar-refractivity contribution < 1.29 is 9.53 Å². The number of benzene rings is 1. The summed E-state index contributed by atoms with van der Waals surface area (Å²) in [7, 11) is 1.36. The Bertz CT molecular complexity index is 567. The third-order valence-electron chi connectivity index (χ3n) is 2.72. The molecule has 0 saturated heterocycles. The first kappa shape index (κ1) is 15.3. The fourth-order valence-corrected chi connectivity index (χ4v) is 3.01. The molecule has 1 atom stereocenters. The number of ether oxygens (including phenoxy) is 1. The molecule has 0 aliphatic heterocycles. The van der Waals surface area contributed by atoms with E-state index < -0.39 is 6.04 Å². The molecule has 0 aliphatic rings. The van der Waals surface area contributed by atoms with Crippen LogP contribution in [0.3, 0.4) is 0 Å². The van der Waals surface area contributed by atoms with Gasteiger partial charge in [0.25, 0.3) is 0 Å². The van der Waals surface area contributed by atoms with Crippen molar-refractivity contribution in [3.05, 3.63) is 56.2 Å². The lowest BCUT2D eigenvalue weighted by Crippen LogP contribution is -2.29. The highest BCUT2D eigenvalue weighted by molar-refractivity contribution is 7.09. The molecule has 2 aromatic rings. The van der Waals surface area contributed by atoms with Gasteiger partial charge in [0, 0.05) is 21.5 Å². The van der Waals surface area contributed by atoms with Crippen molar-refractivity contribution in [2.75, 3.05) is 7.11 Å². The first-order chi connectivity index (χ1) is 9.60. The summed E-state index contributed by atoms with van der Waals surface area (Å²) in [5.41, 5.74) is 0.686. The Labute approximate surface area is 131 Å². The number of hydrogen-bond acceptors (Lipinski definition) is 4. The maximum absolute atomic E-state index is 11.9. The lowest BCUT2D eigenvalue weighted by molar-refractivity contribution is -0.143. The number of esters is 1. The highest BCUT2D eigenvalue weighted by atomic mass is 35.5. The van der Waals surface area contributed by atoms with Gasteiger partial charge in [0.05, 0.1) is 7.11 Å². The first-order valence-corrected chi connectivity index (χ1v) is 7.53. The van der Waals surface area contributed by atoms with Gasteiger partial charge in [-0.1, -0.05) is 29.3 Å². The second-order valence-corrected chi connectivity index (χ2v) is 6.02. The van der Waals surface area contributed by atoms with E-state index in [1.54, 1.807) is 29.5 Å². The zero-order valence-electron chi connectivity index (χ0n) is 10.7. The van der Waals surface area contributed by atoms with Crippen LogP contribution < -0.4 is 5.32 Å². The largest absolute Gasteiger partial charge is 0.468 e. The van der Waals surface area contributed by atoms with Crippen LogP contribution in [-0.4, -0.2) is 13.1 Å².